The quantitative estimate of drug-likeness (QED) is 0.457. The van der Waals surface area contributed by atoms with Gasteiger partial charge in [0.2, 0.25) is 0 Å². The van der Waals surface area contributed by atoms with E-state index in [-0.39, 0.29) is 25.4 Å². The minimum absolute atomic E-state index is 0.00222. The van der Waals surface area contributed by atoms with Crippen LogP contribution in [0, 0.1) is 0 Å². The first kappa shape index (κ1) is 11.5. The van der Waals surface area contributed by atoms with E-state index < -0.39 is 27.0 Å². The van der Waals surface area contributed by atoms with E-state index in [1.54, 1.807) is 4.90 Å². The third kappa shape index (κ3) is 2.41. The maximum atomic E-state index is 11.6. The number of carbonyl (C=O) groups excluding carboxylic acids is 2. The normalized spacial score (nSPS) is 30.4. The maximum absolute atomic E-state index is 11.6. The van der Waals surface area contributed by atoms with E-state index in [0.717, 1.165) is 0 Å². The molecule has 2 aliphatic heterocycles. The number of hydrogen-bond donors (Lipinski definition) is 0. The molecule has 0 aliphatic carbocycles. The second-order valence-corrected chi connectivity index (χ2v) is 6.55. The van der Waals surface area contributed by atoms with Crippen molar-refractivity contribution in [2.45, 2.75) is 18.1 Å². The van der Waals surface area contributed by atoms with Gasteiger partial charge in [0.15, 0.2) is 9.84 Å². The molecule has 7 heteroatoms. The van der Waals surface area contributed by atoms with Crippen molar-refractivity contribution in [1.82, 2.24) is 4.90 Å². The van der Waals surface area contributed by atoms with Crippen molar-refractivity contribution in [3.63, 3.8) is 0 Å². The van der Waals surface area contributed by atoms with Crippen molar-refractivity contribution in [3.8, 4) is 0 Å². The molecule has 1 unspecified atom stereocenters. The van der Waals surface area contributed by atoms with Crippen LogP contribution in [0.1, 0.15) is 12.8 Å². The fourth-order valence-corrected chi connectivity index (χ4v) is 3.96. The van der Waals surface area contributed by atoms with Gasteiger partial charge < -0.3 is 4.74 Å². The molecule has 16 heavy (non-hydrogen) atoms. The standard InChI is InChI=1S/C9H13NO5S/c11-8-5-10(6-9(12)15-8)4-7-2-1-3-16(7,13)14/h7H,1-6H2. The first-order valence-electron chi connectivity index (χ1n) is 5.15. The van der Waals surface area contributed by atoms with Crippen LogP contribution >= 0.6 is 0 Å². The summed E-state index contributed by atoms with van der Waals surface area (Å²) in [4.78, 5) is 23.5. The van der Waals surface area contributed by atoms with Gasteiger partial charge in [-0.15, -0.1) is 0 Å². The molecule has 0 saturated carbocycles. The van der Waals surface area contributed by atoms with Gasteiger partial charge in [-0.05, 0) is 12.8 Å². The third-order valence-corrected chi connectivity index (χ3v) is 5.12. The van der Waals surface area contributed by atoms with E-state index in [9.17, 15) is 18.0 Å². The summed E-state index contributed by atoms with van der Waals surface area (Å²) >= 11 is 0. The lowest BCUT2D eigenvalue weighted by atomic mass is 10.2. The van der Waals surface area contributed by atoms with E-state index in [0.29, 0.717) is 12.8 Å². The van der Waals surface area contributed by atoms with Gasteiger partial charge in [0.25, 0.3) is 0 Å². The molecule has 0 amide bonds. The molecular weight excluding hydrogens is 234 g/mol. The largest absolute Gasteiger partial charge is 0.391 e. The van der Waals surface area contributed by atoms with Crippen molar-refractivity contribution < 1.29 is 22.7 Å². The van der Waals surface area contributed by atoms with Crippen LogP contribution < -0.4 is 0 Å². The highest BCUT2D eigenvalue weighted by molar-refractivity contribution is 7.92. The monoisotopic (exact) mass is 247 g/mol. The van der Waals surface area contributed by atoms with E-state index in [1.165, 1.54) is 0 Å². The number of rotatable bonds is 2. The zero-order valence-corrected chi connectivity index (χ0v) is 9.53. The average Bonchev–Trinajstić information content (AvgIpc) is 2.44. The highest BCUT2D eigenvalue weighted by Gasteiger charge is 2.35. The lowest BCUT2D eigenvalue weighted by Crippen LogP contribution is -2.46. The van der Waals surface area contributed by atoms with Crippen LogP contribution in [0.15, 0.2) is 0 Å². The Hall–Kier alpha value is -0.950. The van der Waals surface area contributed by atoms with Gasteiger partial charge in [0, 0.05) is 6.54 Å². The van der Waals surface area contributed by atoms with E-state index in [1.807, 2.05) is 0 Å². The van der Waals surface area contributed by atoms with Gasteiger partial charge in [0.1, 0.15) is 0 Å². The second-order valence-electron chi connectivity index (χ2n) is 4.15. The van der Waals surface area contributed by atoms with Crippen LogP contribution in [0.3, 0.4) is 0 Å². The van der Waals surface area contributed by atoms with Crippen molar-refractivity contribution in [1.29, 1.82) is 0 Å². The summed E-state index contributed by atoms with van der Waals surface area (Å²) in [6.07, 6.45) is 1.28. The second kappa shape index (κ2) is 4.14. The lowest BCUT2D eigenvalue weighted by Gasteiger charge is -2.26. The third-order valence-electron chi connectivity index (χ3n) is 2.86. The van der Waals surface area contributed by atoms with Gasteiger partial charge >= 0.3 is 11.9 Å². The Morgan fingerprint density at radius 1 is 1.25 bits per heavy atom. The highest BCUT2D eigenvalue weighted by atomic mass is 32.2. The van der Waals surface area contributed by atoms with E-state index in [4.69, 9.17) is 0 Å². The first-order valence-corrected chi connectivity index (χ1v) is 6.86. The number of esters is 2. The van der Waals surface area contributed by atoms with Crippen molar-refractivity contribution in [2.24, 2.45) is 0 Å². The smallest absolute Gasteiger partial charge is 0.327 e. The van der Waals surface area contributed by atoms with Gasteiger partial charge in [-0.2, -0.15) is 0 Å². The minimum atomic E-state index is -3.03. The van der Waals surface area contributed by atoms with Gasteiger partial charge in [-0.25, -0.2) is 8.42 Å². The molecule has 0 aromatic heterocycles. The average molecular weight is 247 g/mol. The Balaban J connectivity index is 1.99. The molecule has 2 aliphatic rings. The van der Waals surface area contributed by atoms with Crippen molar-refractivity contribution in [2.75, 3.05) is 25.4 Å². The first-order chi connectivity index (χ1) is 7.47. The Kier molecular flexibility index (Phi) is 2.98. The molecule has 2 fully saturated rings. The Labute approximate surface area is 93.5 Å². The Bertz CT molecular complexity index is 400. The Morgan fingerprint density at radius 2 is 1.88 bits per heavy atom. The zero-order chi connectivity index (χ0) is 11.8. The van der Waals surface area contributed by atoms with Gasteiger partial charge in [-0.3, -0.25) is 14.5 Å². The maximum Gasteiger partial charge on any atom is 0.327 e. The molecule has 0 aromatic carbocycles. The number of carbonyl (C=O) groups is 2. The number of hydrogen-bond acceptors (Lipinski definition) is 6. The molecule has 1 atom stereocenters. The number of ether oxygens (including phenoxy) is 1. The molecule has 0 bridgehead atoms. The highest BCUT2D eigenvalue weighted by Crippen LogP contribution is 2.21. The van der Waals surface area contributed by atoms with Gasteiger partial charge in [0.05, 0.1) is 24.1 Å². The summed E-state index contributed by atoms with van der Waals surface area (Å²) < 4.78 is 27.5. The van der Waals surface area contributed by atoms with Crippen LogP contribution in [0.25, 0.3) is 0 Å². The molecule has 0 aromatic rings. The summed E-state index contributed by atoms with van der Waals surface area (Å²) in [6, 6.07) is 0. The molecule has 0 radical (unpaired) electrons. The summed E-state index contributed by atoms with van der Waals surface area (Å²) in [5, 5.41) is -0.439. The SMILES string of the molecule is O=C1CN(CC2CCCS2(=O)=O)CC(=O)O1. The molecule has 0 spiro atoms. The molecular formula is C9H13NO5S. The summed E-state index contributed by atoms with van der Waals surface area (Å²) in [7, 11) is -3.03. The molecule has 2 rings (SSSR count). The summed E-state index contributed by atoms with van der Waals surface area (Å²) in [5.74, 6) is -0.998. The van der Waals surface area contributed by atoms with Gasteiger partial charge in [-0.1, -0.05) is 0 Å². The Morgan fingerprint density at radius 3 is 2.38 bits per heavy atom. The molecule has 2 saturated heterocycles. The summed E-state index contributed by atoms with van der Waals surface area (Å²) in [5.41, 5.74) is 0. The van der Waals surface area contributed by atoms with Crippen LogP contribution in [0.5, 0.6) is 0 Å². The lowest BCUT2D eigenvalue weighted by molar-refractivity contribution is -0.166. The fraction of sp³-hybridized carbons (Fsp3) is 0.778. The fourth-order valence-electron chi connectivity index (χ4n) is 2.09. The van der Waals surface area contributed by atoms with Crippen molar-refractivity contribution >= 4 is 21.8 Å². The molecule has 0 N–H and O–H groups in total. The van der Waals surface area contributed by atoms with Crippen molar-refractivity contribution in [3.05, 3.63) is 0 Å². The zero-order valence-electron chi connectivity index (χ0n) is 8.72. The van der Waals surface area contributed by atoms with Crippen LogP contribution in [-0.2, 0) is 24.2 Å². The van der Waals surface area contributed by atoms with E-state index >= 15 is 0 Å². The number of nitrogens with zero attached hydrogens (tertiary/aromatic N) is 1. The minimum Gasteiger partial charge on any atom is -0.391 e. The topological polar surface area (TPSA) is 80.8 Å². The predicted octanol–water partition coefficient (Wildman–Crippen LogP) is -1.05. The number of sulfone groups is 1. The van der Waals surface area contributed by atoms with Crippen LogP contribution in [0.2, 0.25) is 0 Å². The summed E-state index contributed by atoms with van der Waals surface area (Å²) in [6.45, 7) is 0.249. The van der Waals surface area contributed by atoms with Crippen LogP contribution in [-0.4, -0.2) is 55.9 Å². The molecule has 6 nitrogen and oxygen atoms in total. The molecule has 90 valence electrons. The number of morpholine rings is 1. The molecule has 2 heterocycles. The van der Waals surface area contributed by atoms with E-state index in [2.05, 4.69) is 4.74 Å². The number of cyclic esters (lactones) is 2. The predicted molar refractivity (Wildman–Crippen MR) is 54.3 cm³/mol. The van der Waals surface area contributed by atoms with Crippen LogP contribution in [0.4, 0.5) is 0 Å².